The van der Waals surface area contributed by atoms with Gasteiger partial charge in [-0.2, -0.15) is 0 Å². The minimum absolute atomic E-state index is 0.182. The normalized spacial score (nSPS) is 22.4. The Morgan fingerprint density at radius 3 is 2.73 bits per heavy atom. The van der Waals surface area contributed by atoms with Crippen molar-refractivity contribution in [2.75, 3.05) is 6.54 Å². The van der Waals surface area contributed by atoms with E-state index in [1.54, 1.807) is 0 Å². The van der Waals surface area contributed by atoms with Crippen molar-refractivity contribution in [2.45, 2.75) is 31.0 Å². The molecule has 0 saturated carbocycles. The highest BCUT2D eigenvalue weighted by molar-refractivity contribution is 7.46. The van der Waals surface area contributed by atoms with Gasteiger partial charge >= 0.3 is 19.1 Å². The minimum Gasteiger partial charge on any atom is -0.275 e. The second-order valence-corrected chi connectivity index (χ2v) is 6.95. The number of piperidine rings is 1. The third-order valence-electron chi connectivity index (χ3n) is 3.66. The molecule has 1 aromatic carbocycles. The second-order valence-electron chi connectivity index (χ2n) is 5.34. The fourth-order valence-electron chi connectivity index (χ4n) is 2.34. The van der Waals surface area contributed by atoms with Crippen molar-refractivity contribution in [1.82, 2.24) is 10.1 Å². The molecule has 1 heterocycles. The van der Waals surface area contributed by atoms with E-state index in [0.717, 1.165) is 10.6 Å². The summed E-state index contributed by atoms with van der Waals surface area (Å²) in [5.41, 5.74) is 6.93. The zero-order chi connectivity index (χ0) is 16.2. The van der Waals surface area contributed by atoms with Gasteiger partial charge in [-0.25, -0.2) is 5.84 Å². The number of carbonyl (C=O) groups excluding carboxylic acids is 2. The van der Waals surface area contributed by atoms with Crippen molar-refractivity contribution >= 4 is 19.8 Å². The first-order valence-electron chi connectivity index (χ1n) is 7.10. The third-order valence-corrected chi connectivity index (χ3v) is 5.25. The number of benzene rings is 1. The molecule has 8 heteroatoms. The molecule has 2 atom stereocenters. The van der Waals surface area contributed by atoms with E-state index in [-0.39, 0.29) is 12.8 Å². The summed E-state index contributed by atoms with van der Waals surface area (Å²) in [5, 5.41) is 1.71. The molecule has 0 radical (unpaired) electrons. The first-order chi connectivity index (χ1) is 10.4. The molecule has 1 aliphatic rings. The molecule has 0 aliphatic carbocycles. The maximum atomic E-state index is 12.3. The van der Waals surface area contributed by atoms with Gasteiger partial charge in [0.15, 0.2) is 0 Å². The van der Waals surface area contributed by atoms with Crippen LogP contribution < -0.4 is 16.7 Å². The van der Waals surface area contributed by atoms with Crippen molar-refractivity contribution in [3.8, 4) is 0 Å². The van der Waals surface area contributed by atoms with Crippen LogP contribution in [0.1, 0.15) is 24.8 Å². The number of hydrogen-bond donors (Lipinski definition) is 3. The van der Waals surface area contributed by atoms with Crippen molar-refractivity contribution in [3.05, 3.63) is 35.9 Å². The Morgan fingerprint density at radius 2 is 2.05 bits per heavy atom. The van der Waals surface area contributed by atoms with Crippen LogP contribution in [0.3, 0.4) is 0 Å². The van der Waals surface area contributed by atoms with Crippen LogP contribution in [0.2, 0.25) is 0 Å². The predicted octanol–water partition coefficient (Wildman–Crippen LogP) is 0.629. The van der Waals surface area contributed by atoms with E-state index in [0.29, 0.717) is 19.4 Å². The topological polar surface area (TPSA) is 119 Å². The van der Waals surface area contributed by atoms with Gasteiger partial charge in [-0.05, 0) is 23.0 Å². The molecule has 1 aliphatic heterocycles. The van der Waals surface area contributed by atoms with Gasteiger partial charge in [0.05, 0.1) is 0 Å². The first kappa shape index (κ1) is 16.5. The van der Waals surface area contributed by atoms with Crippen LogP contribution in [0.4, 0.5) is 0 Å². The summed E-state index contributed by atoms with van der Waals surface area (Å²) in [6.07, 6.45) is 1.51. The van der Waals surface area contributed by atoms with Gasteiger partial charge in [-0.1, -0.05) is 30.3 Å². The molecule has 0 aromatic heterocycles. The monoisotopic (exact) mass is 323 g/mol. The highest BCUT2D eigenvalue weighted by Gasteiger charge is 2.57. The fraction of sp³-hybridized carbons (Fsp3) is 0.429. The van der Waals surface area contributed by atoms with Crippen LogP contribution >= 0.6 is 7.95 Å². The van der Waals surface area contributed by atoms with Crippen molar-refractivity contribution < 1.29 is 14.2 Å². The number of nitrogens with one attached hydrogen (secondary N) is 1. The number of rotatable bonds is 5. The molecule has 118 valence electrons. The molecule has 0 bridgehead atoms. The molecule has 1 fully saturated rings. The number of hydrazine groups is 1. The number of nitrogens with zero attached hydrogens (tertiary/aromatic N) is 1. The Labute approximate surface area is 129 Å². The molecule has 5 N–H and O–H groups in total. The number of carbonyl (C=O) groups is 2. The Morgan fingerprint density at radius 1 is 1.36 bits per heavy atom. The standard InChI is InChI=1S/C14H19N4O3P/c15-14(9-4-10-18(16)13(14)20)22(21)17-12(19)8-7-11-5-2-1-3-6-11/h1-3,5-6H,4,7-10,15-16H2/p+1/t14-/m0/s1. The van der Waals surface area contributed by atoms with Crippen molar-refractivity contribution in [3.63, 3.8) is 0 Å². The lowest BCUT2D eigenvalue weighted by Crippen LogP contribution is -2.60. The number of aryl methyl sites for hydroxylation is 1. The Kier molecular flexibility index (Phi) is 5.24. The molecule has 1 saturated heterocycles. The van der Waals surface area contributed by atoms with Crippen LogP contribution in [-0.4, -0.2) is 28.6 Å². The zero-order valence-corrected chi connectivity index (χ0v) is 13.1. The van der Waals surface area contributed by atoms with Crippen LogP contribution in [0.5, 0.6) is 0 Å². The average molecular weight is 323 g/mol. The molecule has 22 heavy (non-hydrogen) atoms. The van der Waals surface area contributed by atoms with E-state index in [9.17, 15) is 14.2 Å². The summed E-state index contributed by atoms with van der Waals surface area (Å²) in [5.74, 6) is 4.53. The lowest BCUT2D eigenvalue weighted by atomic mass is 10.1. The molecule has 1 aromatic rings. The van der Waals surface area contributed by atoms with Gasteiger partial charge < -0.3 is 0 Å². The Hall–Kier alpha value is -1.82. The van der Waals surface area contributed by atoms with E-state index in [1.807, 2.05) is 30.3 Å². The first-order valence-corrected chi connectivity index (χ1v) is 8.36. The highest BCUT2D eigenvalue weighted by atomic mass is 31.1. The smallest absolute Gasteiger partial charge is 0.275 e. The third kappa shape index (κ3) is 3.68. The second kappa shape index (κ2) is 6.96. The minimum atomic E-state index is -2.41. The Bertz CT molecular complexity index is 581. The predicted molar refractivity (Wildman–Crippen MR) is 82.6 cm³/mol. The fourth-order valence-corrected chi connectivity index (χ4v) is 3.54. The Balaban J connectivity index is 1.90. The van der Waals surface area contributed by atoms with Gasteiger partial charge in [-0.15, -0.1) is 5.09 Å². The summed E-state index contributed by atoms with van der Waals surface area (Å²) in [6, 6.07) is 9.49. The SMILES string of the molecule is NN1CCC[C@](N)([P+](=O)NC(=O)CCc2ccccc2)C1=O. The summed E-state index contributed by atoms with van der Waals surface area (Å²) in [6.45, 7) is 0.378. The van der Waals surface area contributed by atoms with Crippen LogP contribution in [-0.2, 0) is 20.6 Å². The summed E-state index contributed by atoms with van der Waals surface area (Å²) < 4.78 is 12.3. The van der Waals surface area contributed by atoms with Gasteiger partial charge in [0, 0.05) is 19.4 Å². The van der Waals surface area contributed by atoms with Crippen molar-refractivity contribution in [2.24, 2.45) is 11.6 Å². The van der Waals surface area contributed by atoms with Crippen LogP contribution in [0.25, 0.3) is 0 Å². The molecular formula is C14H20N4O3P+. The number of amides is 2. The van der Waals surface area contributed by atoms with Crippen LogP contribution in [0, 0.1) is 0 Å². The molecule has 2 amide bonds. The molecular weight excluding hydrogens is 303 g/mol. The molecule has 1 unspecified atom stereocenters. The quantitative estimate of drug-likeness (QED) is 0.417. The molecule has 2 rings (SSSR count). The van der Waals surface area contributed by atoms with E-state index < -0.39 is 25.0 Å². The summed E-state index contributed by atoms with van der Waals surface area (Å²) >= 11 is 0. The lowest BCUT2D eigenvalue weighted by Gasteiger charge is -2.28. The van der Waals surface area contributed by atoms with Crippen LogP contribution in [0.15, 0.2) is 30.3 Å². The van der Waals surface area contributed by atoms with E-state index in [4.69, 9.17) is 11.6 Å². The lowest BCUT2D eigenvalue weighted by molar-refractivity contribution is -0.136. The maximum Gasteiger partial charge on any atom is 0.494 e. The van der Waals surface area contributed by atoms with Gasteiger partial charge in [-0.3, -0.25) is 20.3 Å². The van der Waals surface area contributed by atoms with E-state index >= 15 is 0 Å². The molecule has 7 nitrogen and oxygen atoms in total. The number of nitrogens with two attached hydrogens (primary N) is 2. The van der Waals surface area contributed by atoms with Gasteiger partial charge in [0.2, 0.25) is 0 Å². The molecule has 0 spiro atoms. The zero-order valence-electron chi connectivity index (χ0n) is 12.2. The van der Waals surface area contributed by atoms with Gasteiger partial charge in [0.1, 0.15) is 0 Å². The van der Waals surface area contributed by atoms with Gasteiger partial charge in [0.25, 0.3) is 5.91 Å². The van der Waals surface area contributed by atoms with E-state index in [1.165, 1.54) is 0 Å². The average Bonchev–Trinajstić information content (AvgIpc) is 2.51. The maximum absolute atomic E-state index is 12.3. The van der Waals surface area contributed by atoms with E-state index in [2.05, 4.69) is 5.09 Å². The highest BCUT2D eigenvalue weighted by Crippen LogP contribution is 2.38. The van der Waals surface area contributed by atoms with Crippen molar-refractivity contribution in [1.29, 1.82) is 0 Å². The number of hydrogen-bond acceptors (Lipinski definition) is 5. The summed E-state index contributed by atoms with van der Waals surface area (Å²) in [4.78, 5) is 23.9. The largest absolute Gasteiger partial charge is 0.494 e. The summed E-state index contributed by atoms with van der Waals surface area (Å²) in [7, 11) is -2.41.